The molecule has 0 aromatic heterocycles. The molecule has 2 aliphatic rings. The summed E-state index contributed by atoms with van der Waals surface area (Å²) in [5.41, 5.74) is 2.71. The van der Waals surface area contributed by atoms with Crippen LogP contribution in [0.2, 0.25) is 0 Å². The van der Waals surface area contributed by atoms with Crippen molar-refractivity contribution in [3.63, 3.8) is 0 Å². The van der Waals surface area contributed by atoms with Crippen molar-refractivity contribution in [3.05, 3.63) is 29.8 Å². The lowest BCUT2D eigenvalue weighted by Crippen LogP contribution is -2.47. The van der Waals surface area contributed by atoms with E-state index in [0.717, 1.165) is 57.2 Å². The molecular weight excluding hydrogens is 352 g/mol. The van der Waals surface area contributed by atoms with Gasteiger partial charge in [0.15, 0.2) is 5.96 Å². The van der Waals surface area contributed by atoms with Crippen LogP contribution in [-0.2, 0) is 16.0 Å². The number of nitrogens with one attached hydrogen (secondary N) is 2. The lowest BCUT2D eigenvalue weighted by molar-refractivity contribution is -0.118. The van der Waals surface area contributed by atoms with E-state index in [1.807, 2.05) is 23.1 Å². The molecule has 0 atom stereocenters. The van der Waals surface area contributed by atoms with E-state index in [4.69, 9.17) is 4.74 Å². The summed E-state index contributed by atoms with van der Waals surface area (Å²) in [6.07, 6.45) is 7.22. The predicted molar refractivity (Wildman–Crippen MR) is 114 cm³/mol. The Kier molecular flexibility index (Phi) is 7.31. The molecule has 0 unspecified atom stereocenters. The first kappa shape index (κ1) is 20.6. The fraction of sp³-hybridized carbons (Fsp3) is 0.636. The van der Waals surface area contributed by atoms with E-state index in [1.54, 1.807) is 14.2 Å². The van der Waals surface area contributed by atoms with Crippen LogP contribution in [0.1, 0.15) is 44.1 Å². The SMILES string of the molecule is CN=C(NCCCC(=O)N1CCc2ccccc21)NCC1(CCOC)CCC1. The van der Waals surface area contributed by atoms with Gasteiger partial charge in [-0.25, -0.2) is 0 Å². The van der Waals surface area contributed by atoms with Gasteiger partial charge in [-0.15, -0.1) is 0 Å². The van der Waals surface area contributed by atoms with E-state index < -0.39 is 0 Å². The maximum Gasteiger partial charge on any atom is 0.227 e. The highest BCUT2D eigenvalue weighted by atomic mass is 16.5. The molecule has 1 heterocycles. The number of ether oxygens (including phenoxy) is 1. The zero-order valence-electron chi connectivity index (χ0n) is 17.3. The fourth-order valence-electron chi connectivity index (χ4n) is 4.18. The number of rotatable bonds is 9. The number of para-hydroxylation sites is 1. The maximum absolute atomic E-state index is 12.6. The summed E-state index contributed by atoms with van der Waals surface area (Å²) < 4.78 is 5.26. The third-order valence-corrected chi connectivity index (χ3v) is 6.15. The molecule has 1 aromatic rings. The van der Waals surface area contributed by atoms with Crippen molar-refractivity contribution in [2.24, 2.45) is 10.4 Å². The average molecular weight is 387 g/mol. The third kappa shape index (κ3) is 5.04. The molecule has 2 N–H and O–H groups in total. The van der Waals surface area contributed by atoms with Gasteiger partial charge in [-0.1, -0.05) is 24.6 Å². The van der Waals surface area contributed by atoms with Crippen LogP contribution in [0.15, 0.2) is 29.3 Å². The highest BCUT2D eigenvalue weighted by Crippen LogP contribution is 2.43. The number of amides is 1. The van der Waals surface area contributed by atoms with Crippen molar-refractivity contribution >= 4 is 17.6 Å². The highest BCUT2D eigenvalue weighted by molar-refractivity contribution is 5.95. The van der Waals surface area contributed by atoms with Crippen LogP contribution in [0, 0.1) is 5.41 Å². The van der Waals surface area contributed by atoms with Gasteiger partial charge in [0.1, 0.15) is 0 Å². The van der Waals surface area contributed by atoms with Crippen LogP contribution >= 0.6 is 0 Å². The van der Waals surface area contributed by atoms with Crippen molar-refractivity contribution in [2.45, 2.75) is 44.9 Å². The number of hydrogen-bond donors (Lipinski definition) is 2. The molecule has 3 rings (SSSR count). The molecule has 0 radical (unpaired) electrons. The van der Waals surface area contributed by atoms with Gasteiger partial charge in [0, 0.05) is 52.5 Å². The molecule has 1 saturated carbocycles. The molecular formula is C22H34N4O2. The molecule has 0 spiro atoms. The third-order valence-electron chi connectivity index (χ3n) is 6.15. The quantitative estimate of drug-likeness (QED) is 0.389. The minimum Gasteiger partial charge on any atom is -0.385 e. The Bertz CT molecular complexity index is 685. The van der Waals surface area contributed by atoms with Gasteiger partial charge in [-0.3, -0.25) is 9.79 Å². The summed E-state index contributed by atoms with van der Waals surface area (Å²) in [7, 11) is 3.56. The standard InChI is InChI=1S/C22H34N4O2/c1-23-21(25-17-22(11-6-12-22)13-16-28-2)24-14-5-9-20(27)26-15-10-18-7-3-4-8-19(18)26/h3-4,7-8H,5-6,9-17H2,1-2H3,(H2,23,24,25). The van der Waals surface area contributed by atoms with Gasteiger partial charge in [0.2, 0.25) is 5.91 Å². The number of methoxy groups -OCH3 is 1. The normalized spacial score (nSPS) is 17.8. The van der Waals surface area contributed by atoms with Crippen LogP contribution in [0.3, 0.4) is 0 Å². The van der Waals surface area contributed by atoms with Gasteiger partial charge in [0.25, 0.3) is 0 Å². The van der Waals surface area contributed by atoms with Crippen LogP contribution in [-0.4, -0.2) is 52.3 Å². The molecule has 0 bridgehead atoms. The first-order valence-corrected chi connectivity index (χ1v) is 10.5. The lowest BCUT2D eigenvalue weighted by Gasteiger charge is -2.42. The molecule has 0 saturated heterocycles. The number of nitrogens with zero attached hydrogens (tertiary/aromatic N) is 2. The Morgan fingerprint density at radius 2 is 2.11 bits per heavy atom. The first-order chi connectivity index (χ1) is 13.7. The zero-order valence-corrected chi connectivity index (χ0v) is 17.3. The first-order valence-electron chi connectivity index (χ1n) is 10.5. The number of benzene rings is 1. The number of carbonyl (C=O) groups is 1. The average Bonchev–Trinajstić information content (AvgIpc) is 3.12. The molecule has 1 fully saturated rings. The number of hydrogen-bond acceptors (Lipinski definition) is 3. The van der Waals surface area contributed by atoms with E-state index in [1.165, 1.54) is 24.8 Å². The molecule has 6 heteroatoms. The summed E-state index contributed by atoms with van der Waals surface area (Å²) in [6.45, 7) is 3.29. The lowest BCUT2D eigenvalue weighted by atomic mass is 9.67. The number of aliphatic imine (C=N–C) groups is 1. The number of guanidine groups is 1. The Hall–Kier alpha value is -2.08. The van der Waals surface area contributed by atoms with Crippen molar-refractivity contribution < 1.29 is 9.53 Å². The monoisotopic (exact) mass is 386 g/mol. The maximum atomic E-state index is 12.6. The second kappa shape index (κ2) is 9.92. The molecule has 1 aromatic carbocycles. The Morgan fingerprint density at radius 3 is 2.82 bits per heavy atom. The van der Waals surface area contributed by atoms with Crippen molar-refractivity contribution in [3.8, 4) is 0 Å². The Labute approximate surface area is 168 Å². The number of carbonyl (C=O) groups excluding carboxylic acids is 1. The van der Waals surface area contributed by atoms with Crippen molar-refractivity contribution in [1.29, 1.82) is 0 Å². The molecule has 1 aliphatic carbocycles. The van der Waals surface area contributed by atoms with E-state index in [9.17, 15) is 4.79 Å². The Balaban J connectivity index is 1.36. The molecule has 1 amide bonds. The summed E-state index contributed by atoms with van der Waals surface area (Å²) in [5.74, 6) is 1.03. The molecule has 154 valence electrons. The predicted octanol–water partition coefficient (Wildman–Crippen LogP) is 2.73. The number of fused-ring (bicyclic) bond motifs is 1. The summed E-state index contributed by atoms with van der Waals surface area (Å²) >= 11 is 0. The van der Waals surface area contributed by atoms with Gasteiger partial charge < -0.3 is 20.3 Å². The van der Waals surface area contributed by atoms with Gasteiger partial charge >= 0.3 is 0 Å². The second-order valence-corrected chi connectivity index (χ2v) is 7.98. The fourth-order valence-corrected chi connectivity index (χ4v) is 4.18. The Morgan fingerprint density at radius 1 is 1.29 bits per heavy atom. The molecule has 28 heavy (non-hydrogen) atoms. The number of anilines is 1. The zero-order chi connectivity index (χ0) is 19.8. The van der Waals surface area contributed by atoms with Gasteiger partial charge in [-0.05, 0) is 49.1 Å². The minimum atomic E-state index is 0.211. The van der Waals surface area contributed by atoms with Gasteiger partial charge in [0.05, 0.1) is 0 Å². The summed E-state index contributed by atoms with van der Waals surface area (Å²) in [6, 6.07) is 8.20. The van der Waals surface area contributed by atoms with E-state index in [-0.39, 0.29) is 5.91 Å². The van der Waals surface area contributed by atoms with Crippen LogP contribution < -0.4 is 15.5 Å². The van der Waals surface area contributed by atoms with Crippen LogP contribution in [0.25, 0.3) is 0 Å². The summed E-state index contributed by atoms with van der Waals surface area (Å²) in [4.78, 5) is 18.8. The minimum absolute atomic E-state index is 0.211. The van der Waals surface area contributed by atoms with E-state index in [0.29, 0.717) is 11.8 Å². The van der Waals surface area contributed by atoms with Crippen molar-refractivity contribution in [1.82, 2.24) is 10.6 Å². The second-order valence-electron chi connectivity index (χ2n) is 7.98. The molecule has 1 aliphatic heterocycles. The highest BCUT2D eigenvalue weighted by Gasteiger charge is 2.36. The van der Waals surface area contributed by atoms with Gasteiger partial charge in [-0.2, -0.15) is 0 Å². The topological polar surface area (TPSA) is 66.0 Å². The largest absolute Gasteiger partial charge is 0.385 e. The smallest absolute Gasteiger partial charge is 0.227 e. The van der Waals surface area contributed by atoms with Crippen LogP contribution in [0.5, 0.6) is 0 Å². The van der Waals surface area contributed by atoms with E-state index in [2.05, 4.69) is 21.7 Å². The van der Waals surface area contributed by atoms with Crippen LogP contribution in [0.4, 0.5) is 5.69 Å². The molecule has 6 nitrogen and oxygen atoms in total. The van der Waals surface area contributed by atoms with E-state index >= 15 is 0 Å². The van der Waals surface area contributed by atoms with Crippen molar-refractivity contribution in [2.75, 3.05) is 45.3 Å². The summed E-state index contributed by atoms with van der Waals surface area (Å²) in [5, 5.41) is 6.81.